The Hall–Kier alpha value is -1.58. The van der Waals surface area contributed by atoms with Gasteiger partial charge in [0.1, 0.15) is 0 Å². The summed E-state index contributed by atoms with van der Waals surface area (Å²) in [5.74, 6) is 0. The Morgan fingerprint density at radius 3 is 1.83 bits per heavy atom. The fourth-order valence-electron chi connectivity index (χ4n) is 1.78. The Labute approximate surface area is 109 Å². The Balaban J connectivity index is 0.000000492. The summed E-state index contributed by atoms with van der Waals surface area (Å²) in [4.78, 5) is 0. The van der Waals surface area contributed by atoms with E-state index in [0.717, 1.165) is 0 Å². The largest absolute Gasteiger partial charge is 0.432 e. The van der Waals surface area contributed by atoms with Crippen molar-refractivity contribution < 1.29 is 10.0 Å². The molecule has 0 amide bonds. The van der Waals surface area contributed by atoms with Gasteiger partial charge in [0.2, 0.25) is 0 Å². The first-order valence-corrected chi connectivity index (χ1v) is 6.18. The van der Waals surface area contributed by atoms with Crippen LogP contribution in [0, 0.1) is 0 Å². The zero-order valence-electron chi connectivity index (χ0n) is 10.7. The molecule has 0 saturated carbocycles. The van der Waals surface area contributed by atoms with Crippen LogP contribution < -0.4 is 0 Å². The molecule has 2 N–H and O–H groups in total. The minimum absolute atomic E-state index is 0.750. The summed E-state index contributed by atoms with van der Waals surface area (Å²) in [5, 5.41) is 14.2. The van der Waals surface area contributed by atoms with E-state index < -0.39 is 7.69 Å². The summed E-state index contributed by atoms with van der Waals surface area (Å²) < 4.78 is 0. The lowest BCUT2D eigenvalue weighted by atomic mass is 10.0. The smallest absolute Gasteiger partial charge is 0.430 e. The second-order valence-corrected chi connectivity index (χ2v) is 3.95. The standard InChI is InChI=1S/C15H16.BH3O2/c1-2-6-13-9-11-15(12-10-13)14-7-4-3-5-8-14;2-1-3/h3-5,7-12H,2,6H2,1H3;1-3H. The third kappa shape index (κ3) is 4.74. The molecule has 0 aromatic heterocycles. The Morgan fingerprint density at radius 2 is 1.33 bits per heavy atom. The molecule has 2 aromatic carbocycles. The van der Waals surface area contributed by atoms with Crippen LogP contribution in [-0.2, 0) is 6.42 Å². The molecule has 2 nitrogen and oxygen atoms in total. The van der Waals surface area contributed by atoms with Gasteiger partial charge in [-0.3, -0.25) is 0 Å². The fraction of sp³-hybridized carbons (Fsp3) is 0.200. The minimum atomic E-state index is -0.750. The SMILES string of the molecule is CCCc1ccc(-c2ccccc2)cc1.OBO. The highest BCUT2D eigenvalue weighted by molar-refractivity contribution is 6.13. The maximum Gasteiger partial charge on any atom is 0.432 e. The molecule has 3 heteroatoms. The Bertz CT molecular complexity index is 426. The topological polar surface area (TPSA) is 40.5 Å². The molecule has 2 aromatic rings. The molecule has 18 heavy (non-hydrogen) atoms. The summed E-state index contributed by atoms with van der Waals surface area (Å²) >= 11 is 0. The third-order valence-electron chi connectivity index (χ3n) is 2.60. The van der Waals surface area contributed by atoms with E-state index in [1.165, 1.54) is 29.5 Å². The average molecular weight is 242 g/mol. The van der Waals surface area contributed by atoms with E-state index in [1.54, 1.807) is 0 Å². The molecule has 0 fully saturated rings. The lowest BCUT2D eigenvalue weighted by Gasteiger charge is -2.03. The van der Waals surface area contributed by atoms with Crippen LogP contribution >= 0.6 is 0 Å². The van der Waals surface area contributed by atoms with Crippen LogP contribution in [0.15, 0.2) is 54.6 Å². The first-order chi connectivity index (χ1) is 8.81. The molecule has 0 unspecified atom stereocenters. The highest BCUT2D eigenvalue weighted by Crippen LogP contribution is 2.19. The lowest BCUT2D eigenvalue weighted by molar-refractivity contribution is 0.448. The van der Waals surface area contributed by atoms with E-state index in [-0.39, 0.29) is 0 Å². The fourth-order valence-corrected chi connectivity index (χ4v) is 1.78. The van der Waals surface area contributed by atoms with E-state index in [2.05, 4.69) is 61.5 Å². The molecular formula is C15H19BO2. The van der Waals surface area contributed by atoms with Crippen molar-refractivity contribution in [2.24, 2.45) is 0 Å². The maximum absolute atomic E-state index is 7.12. The number of benzene rings is 2. The predicted molar refractivity (Wildman–Crippen MR) is 77.5 cm³/mol. The lowest BCUT2D eigenvalue weighted by Crippen LogP contribution is -1.83. The molecular weight excluding hydrogens is 223 g/mol. The van der Waals surface area contributed by atoms with Gasteiger partial charge in [-0.2, -0.15) is 0 Å². The van der Waals surface area contributed by atoms with Gasteiger partial charge in [-0.25, -0.2) is 0 Å². The Kier molecular flexibility index (Phi) is 6.85. The highest BCUT2D eigenvalue weighted by atomic mass is 16.4. The zero-order valence-corrected chi connectivity index (χ0v) is 10.7. The average Bonchev–Trinajstić information content (AvgIpc) is 2.42. The molecule has 2 rings (SSSR count). The number of rotatable bonds is 3. The van der Waals surface area contributed by atoms with Gasteiger partial charge in [-0.15, -0.1) is 0 Å². The number of hydrogen-bond acceptors (Lipinski definition) is 2. The monoisotopic (exact) mass is 242 g/mol. The Morgan fingerprint density at radius 1 is 0.833 bits per heavy atom. The molecule has 0 aliphatic rings. The highest BCUT2D eigenvalue weighted by Gasteiger charge is 1.96. The van der Waals surface area contributed by atoms with Crippen LogP contribution in [-0.4, -0.2) is 17.7 Å². The zero-order chi connectivity index (χ0) is 13.2. The summed E-state index contributed by atoms with van der Waals surface area (Å²) in [5.41, 5.74) is 4.02. The molecule has 0 heterocycles. The van der Waals surface area contributed by atoms with Crippen molar-refractivity contribution in [2.45, 2.75) is 19.8 Å². The van der Waals surface area contributed by atoms with Crippen molar-refractivity contribution >= 4 is 7.69 Å². The van der Waals surface area contributed by atoms with Crippen molar-refractivity contribution in [3.63, 3.8) is 0 Å². The summed E-state index contributed by atoms with van der Waals surface area (Å²) in [7, 11) is -0.750. The van der Waals surface area contributed by atoms with E-state index in [9.17, 15) is 0 Å². The van der Waals surface area contributed by atoms with Crippen molar-refractivity contribution in [1.29, 1.82) is 0 Å². The molecule has 0 spiro atoms. The van der Waals surface area contributed by atoms with Gasteiger partial charge in [0.05, 0.1) is 0 Å². The quantitative estimate of drug-likeness (QED) is 0.812. The summed E-state index contributed by atoms with van der Waals surface area (Å²) in [6, 6.07) is 19.4. The van der Waals surface area contributed by atoms with Gasteiger partial charge in [0.15, 0.2) is 0 Å². The summed E-state index contributed by atoms with van der Waals surface area (Å²) in [6.45, 7) is 2.21. The van der Waals surface area contributed by atoms with Crippen molar-refractivity contribution in [3.05, 3.63) is 60.2 Å². The molecule has 94 valence electrons. The van der Waals surface area contributed by atoms with Gasteiger partial charge in [0, 0.05) is 0 Å². The molecule has 0 radical (unpaired) electrons. The molecule has 0 aliphatic carbocycles. The second kappa shape index (κ2) is 8.51. The molecule has 0 saturated heterocycles. The van der Waals surface area contributed by atoms with E-state index in [1.807, 2.05) is 0 Å². The van der Waals surface area contributed by atoms with Crippen molar-refractivity contribution in [3.8, 4) is 11.1 Å². The first kappa shape index (κ1) is 14.5. The van der Waals surface area contributed by atoms with E-state index >= 15 is 0 Å². The van der Waals surface area contributed by atoms with Gasteiger partial charge >= 0.3 is 7.69 Å². The van der Waals surface area contributed by atoms with Crippen LogP contribution in [0.5, 0.6) is 0 Å². The second-order valence-electron chi connectivity index (χ2n) is 3.95. The number of hydrogen-bond donors (Lipinski definition) is 2. The van der Waals surface area contributed by atoms with Crippen LogP contribution in [0.4, 0.5) is 0 Å². The first-order valence-electron chi connectivity index (χ1n) is 6.18. The van der Waals surface area contributed by atoms with Crippen LogP contribution in [0.3, 0.4) is 0 Å². The minimum Gasteiger partial charge on any atom is -0.430 e. The van der Waals surface area contributed by atoms with Crippen molar-refractivity contribution in [2.75, 3.05) is 0 Å². The maximum atomic E-state index is 7.12. The van der Waals surface area contributed by atoms with E-state index in [4.69, 9.17) is 10.0 Å². The molecule has 0 aliphatic heterocycles. The van der Waals surface area contributed by atoms with E-state index in [0.29, 0.717) is 0 Å². The van der Waals surface area contributed by atoms with Crippen LogP contribution in [0.1, 0.15) is 18.9 Å². The normalized spacial score (nSPS) is 9.28. The van der Waals surface area contributed by atoms with Gasteiger partial charge in [-0.05, 0) is 23.1 Å². The summed E-state index contributed by atoms with van der Waals surface area (Å²) in [6.07, 6.45) is 2.39. The predicted octanol–water partition coefficient (Wildman–Crippen LogP) is 2.54. The van der Waals surface area contributed by atoms with Crippen molar-refractivity contribution in [1.82, 2.24) is 0 Å². The van der Waals surface area contributed by atoms with Gasteiger partial charge < -0.3 is 10.0 Å². The van der Waals surface area contributed by atoms with Crippen LogP contribution in [0.25, 0.3) is 11.1 Å². The van der Waals surface area contributed by atoms with Gasteiger partial charge in [0.25, 0.3) is 0 Å². The third-order valence-corrected chi connectivity index (χ3v) is 2.60. The molecule has 0 atom stereocenters. The van der Waals surface area contributed by atoms with Gasteiger partial charge in [-0.1, -0.05) is 67.9 Å². The molecule has 0 bridgehead atoms. The number of aryl methyl sites for hydroxylation is 1. The van der Waals surface area contributed by atoms with Crippen LogP contribution in [0.2, 0.25) is 0 Å².